The first-order valence-electron chi connectivity index (χ1n) is 2.62. The molecule has 0 unspecified atom stereocenters. The molecule has 0 aromatic heterocycles. The quantitative estimate of drug-likeness (QED) is 0.481. The summed E-state index contributed by atoms with van der Waals surface area (Å²) in [5, 5.41) is 15.6. The van der Waals surface area contributed by atoms with Crippen molar-refractivity contribution in [2.75, 3.05) is 13.6 Å². The zero-order valence-electron chi connectivity index (χ0n) is 5.64. The van der Waals surface area contributed by atoms with Gasteiger partial charge >= 0.3 is 12.2 Å². The molecule has 74 valence electrons. The van der Waals surface area contributed by atoms with Crippen LogP contribution in [0.4, 0.5) is 17.6 Å². The van der Waals surface area contributed by atoms with Crippen molar-refractivity contribution < 1.29 is 37.2 Å². The van der Waals surface area contributed by atoms with Gasteiger partial charge in [-0.15, -0.1) is 0 Å². The molecule has 0 atom stereocenters. The highest BCUT2D eigenvalue weighted by Gasteiger charge is 2.60. The van der Waals surface area contributed by atoms with E-state index < -0.39 is 25.8 Å². The van der Waals surface area contributed by atoms with Gasteiger partial charge in [-0.05, 0) is 0 Å². The fourth-order valence-corrected chi connectivity index (χ4v) is 0.330. The van der Waals surface area contributed by atoms with Crippen molar-refractivity contribution in [1.29, 1.82) is 0 Å². The number of aliphatic hydroxyl groups is 2. The molecule has 0 radical (unpaired) electrons. The maximum atomic E-state index is 12.0. The van der Waals surface area contributed by atoms with Crippen molar-refractivity contribution in [3.05, 3.63) is 0 Å². The van der Waals surface area contributed by atoms with Crippen molar-refractivity contribution >= 4 is 0 Å². The lowest BCUT2D eigenvalue weighted by molar-refractivity contribution is -0.447. The summed E-state index contributed by atoms with van der Waals surface area (Å²) in [6.45, 7) is -3.17. The minimum Gasteiger partial charge on any atom is -0.370 e. The summed E-state index contributed by atoms with van der Waals surface area (Å²) >= 11 is 0. The Morgan fingerprint density at radius 1 is 0.833 bits per heavy atom. The minimum absolute atomic E-state index is 1.59. The first-order valence-corrected chi connectivity index (χ1v) is 2.62. The third-order valence-corrected chi connectivity index (χ3v) is 0.830. The topological polar surface area (TPSA) is 58.9 Å². The molecule has 0 aromatic rings. The van der Waals surface area contributed by atoms with E-state index in [4.69, 9.17) is 10.2 Å². The Kier molecular flexibility index (Phi) is 3.84. The van der Waals surface area contributed by atoms with Crippen LogP contribution in [0.1, 0.15) is 0 Å². The van der Waals surface area contributed by atoms with E-state index in [9.17, 15) is 17.6 Å². The van der Waals surface area contributed by atoms with Crippen LogP contribution in [0.15, 0.2) is 0 Å². The molecule has 0 bridgehead atoms. The summed E-state index contributed by atoms with van der Waals surface area (Å²) in [7, 11) is 0. The minimum atomic E-state index is -4.97. The zero-order chi connectivity index (χ0) is 9.83. The maximum absolute atomic E-state index is 12.0. The van der Waals surface area contributed by atoms with Crippen molar-refractivity contribution in [2.45, 2.75) is 12.2 Å². The van der Waals surface area contributed by atoms with E-state index >= 15 is 0 Å². The van der Waals surface area contributed by atoms with Gasteiger partial charge < -0.3 is 10.2 Å². The monoisotopic (exact) mass is 194 g/mol. The Labute approximate surface area is 64.3 Å². The molecule has 8 heteroatoms. The molecular weight excluding hydrogens is 188 g/mol. The molecule has 0 saturated carbocycles. The van der Waals surface area contributed by atoms with Crippen LogP contribution < -0.4 is 0 Å². The predicted octanol–water partition coefficient (Wildman–Crippen LogP) is 0.105. The van der Waals surface area contributed by atoms with E-state index in [1.165, 1.54) is 0 Å². The van der Waals surface area contributed by atoms with Crippen molar-refractivity contribution in [3.63, 3.8) is 0 Å². The fraction of sp³-hybridized carbons (Fsp3) is 1.00. The summed E-state index contributed by atoms with van der Waals surface area (Å²) in [6.07, 6.45) is -9.94. The first kappa shape index (κ1) is 11.6. The molecule has 2 N–H and O–H groups in total. The third kappa shape index (κ3) is 2.55. The van der Waals surface area contributed by atoms with Crippen molar-refractivity contribution in [2.24, 2.45) is 0 Å². The molecule has 4 nitrogen and oxygen atoms in total. The number of hydrogen-bond donors (Lipinski definition) is 2. The zero-order valence-corrected chi connectivity index (χ0v) is 5.64. The highest BCUT2D eigenvalue weighted by atomic mass is 19.3. The molecule has 0 aliphatic rings. The number of ether oxygens (including phenoxy) is 2. The summed E-state index contributed by atoms with van der Waals surface area (Å²) < 4.78 is 54.0. The van der Waals surface area contributed by atoms with Gasteiger partial charge in [-0.2, -0.15) is 17.6 Å². The molecule has 12 heavy (non-hydrogen) atoms. The SMILES string of the molecule is OCOC(F)(F)C(F)(F)OCO. The molecule has 0 amide bonds. The smallest absolute Gasteiger partial charge is 0.370 e. The molecule has 0 saturated heterocycles. The first-order chi connectivity index (χ1) is 5.37. The summed E-state index contributed by atoms with van der Waals surface area (Å²) in [5.41, 5.74) is 0. The van der Waals surface area contributed by atoms with Gasteiger partial charge in [-0.1, -0.05) is 0 Å². The second-order valence-corrected chi connectivity index (χ2v) is 1.58. The van der Waals surface area contributed by atoms with Gasteiger partial charge in [0.05, 0.1) is 0 Å². The molecule has 0 rings (SSSR count). The van der Waals surface area contributed by atoms with Gasteiger partial charge in [-0.25, -0.2) is 0 Å². The average molecular weight is 194 g/mol. The largest absolute Gasteiger partial charge is 0.450 e. The Morgan fingerprint density at radius 3 is 1.25 bits per heavy atom. The standard InChI is InChI=1S/C4H6F4O4/c5-3(6,11-1-9)4(7,8)12-2-10/h9-10H,1-2H2. The highest BCUT2D eigenvalue weighted by molar-refractivity contribution is 4.64. The van der Waals surface area contributed by atoms with Gasteiger partial charge in [0.2, 0.25) is 0 Å². The second kappa shape index (κ2) is 3.99. The number of aliphatic hydroxyl groups excluding tert-OH is 2. The van der Waals surface area contributed by atoms with E-state index in [0.717, 1.165) is 0 Å². The van der Waals surface area contributed by atoms with Gasteiger partial charge in [-0.3, -0.25) is 9.47 Å². The highest BCUT2D eigenvalue weighted by Crippen LogP contribution is 2.35. The number of halogens is 4. The van der Waals surface area contributed by atoms with Crippen LogP contribution in [0, 0.1) is 0 Å². The normalized spacial score (nSPS) is 13.5. The maximum Gasteiger partial charge on any atom is 0.450 e. The summed E-state index contributed by atoms with van der Waals surface area (Å²) in [5.74, 6) is 0. The van der Waals surface area contributed by atoms with Crippen LogP contribution in [-0.4, -0.2) is 36.0 Å². The molecule has 0 heterocycles. The lowest BCUT2D eigenvalue weighted by Gasteiger charge is -2.23. The summed E-state index contributed by atoms with van der Waals surface area (Å²) in [4.78, 5) is 0. The van der Waals surface area contributed by atoms with E-state index in [0.29, 0.717) is 0 Å². The second-order valence-electron chi connectivity index (χ2n) is 1.58. The van der Waals surface area contributed by atoms with Gasteiger partial charge in [0.1, 0.15) is 13.6 Å². The van der Waals surface area contributed by atoms with E-state index in [1.54, 1.807) is 0 Å². The van der Waals surface area contributed by atoms with Gasteiger partial charge in [0, 0.05) is 0 Å². The van der Waals surface area contributed by atoms with Crippen LogP contribution in [-0.2, 0) is 9.47 Å². The Morgan fingerprint density at radius 2 is 1.08 bits per heavy atom. The van der Waals surface area contributed by atoms with Crippen LogP contribution >= 0.6 is 0 Å². The van der Waals surface area contributed by atoms with Crippen LogP contribution in [0.5, 0.6) is 0 Å². The third-order valence-electron chi connectivity index (χ3n) is 0.830. The Hall–Kier alpha value is -0.440. The molecule has 0 fully saturated rings. The fourth-order valence-electron chi connectivity index (χ4n) is 0.330. The Bertz CT molecular complexity index is 123. The lowest BCUT2D eigenvalue weighted by Crippen LogP contribution is -2.45. The van der Waals surface area contributed by atoms with Gasteiger partial charge in [0.25, 0.3) is 0 Å². The molecular formula is C4H6F4O4. The van der Waals surface area contributed by atoms with Crippen molar-refractivity contribution in [3.8, 4) is 0 Å². The van der Waals surface area contributed by atoms with Crippen LogP contribution in [0.2, 0.25) is 0 Å². The molecule has 0 aliphatic carbocycles. The molecule has 0 aromatic carbocycles. The van der Waals surface area contributed by atoms with Crippen LogP contribution in [0.3, 0.4) is 0 Å². The van der Waals surface area contributed by atoms with Gasteiger partial charge in [0.15, 0.2) is 0 Å². The predicted molar refractivity (Wildman–Crippen MR) is 26.2 cm³/mol. The van der Waals surface area contributed by atoms with Crippen LogP contribution in [0.25, 0.3) is 0 Å². The number of alkyl halides is 4. The molecule has 0 aliphatic heterocycles. The number of rotatable bonds is 5. The van der Waals surface area contributed by atoms with Crippen molar-refractivity contribution in [1.82, 2.24) is 0 Å². The lowest BCUT2D eigenvalue weighted by atomic mass is 10.6. The van der Waals surface area contributed by atoms with E-state index in [-0.39, 0.29) is 0 Å². The number of hydrogen-bond acceptors (Lipinski definition) is 4. The summed E-state index contributed by atoms with van der Waals surface area (Å²) in [6, 6.07) is 0. The average Bonchev–Trinajstić information content (AvgIpc) is 1.86. The van der Waals surface area contributed by atoms with E-state index in [2.05, 4.69) is 9.47 Å². The molecule has 0 spiro atoms. The van der Waals surface area contributed by atoms with E-state index in [1.807, 2.05) is 0 Å². The Balaban J connectivity index is 4.28.